The first kappa shape index (κ1) is 13.6. The van der Waals surface area contributed by atoms with E-state index < -0.39 is 11.9 Å². The Morgan fingerprint density at radius 2 is 2.18 bits per heavy atom. The molecule has 1 amide bonds. The molecule has 0 spiro atoms. The third kappa shape index (κ3) is 4.53. The van der Waals surface area contributed by atoms with E-state index in [1.54, 1.807) is 6.07 Å². The highest BCUT2D eigenvalue weighted by atomic mass is 19.1. The summed E-state index contributed by atoms with van der Waals surface area (Å²) in [6, 6.07) is 5.53. The highest BCUT2D eigenvalue weighted by molar-refractivity contribution is 5.94. The van der Waals surface area contributed by atoms with E-state index >= 15 is 0 Å². The summed E-state index contributed by atoms with van der Waals surface area (Å²) in [5.74, 6) is -0.582. The number of hydrogen-bond acceptors (Lipinski definition) is 2. The van der Waals surface area contributed by atoms with Crippen LogP contribution in [0.25, 0.3) is 0 Å². The molecule has 1 aromatic carbocycles. The summed E-state index contributed by atoms with van der Waals surface area (Å²) in [4.78, 5) is 11.6. The van der Waals surface area contributed by atoms with E-state index in [1.165, 1.54) is 18.2 Å². The zero-order chi connectivity index (χ0) is 12.8. The molecule has 0 aromatic heterocycles. The molecule has 0 bridgehead atoms. The fraction of sp³-hybridized carbons (Fsp3) is 0.462. The van der Waals surface area contributed by atoms with Crippen LogP contribution in [-0.2, 0) is 0 Å². The molecule has 0 fully saturated rings. The summed E-state index contributed by atoms with van der Waals surface area (Å²) in [7, 11) is 0. The van der Waals surface area contributed by atoms with E-state index in [0.717, 1.165) is 0 Å². The highest BCUT2D eigenvalue weighted by Crippen LogP contribution is 2.05. The minimum atomic E-state index is -0.431. The van der Waals surface area contributed by atoms with Crippen LogP contribution >= 0.6 is 0 Å². The van der Waals surface area contributed by atoms with Crippen molar-refractivity contribution in [2.24, 2.45) is 5.92 Å². The van der Waals surface area contributed by atoms with Crippen molar-refractivity contribution in [3.05, 3.63) is 35.6 Å². The molecule has 0 radical (unpaired) electrons. The van der Waals surface area contributed by atoms with Crippen LogP contribution in [0, 0.1) is 11.7 Å². The fourth-order valence-corrected chi connectivity index (χ4v) is 1.40. The normalized spacial score (nSPS) is 12.5. The summed E-state index contributed by atoms with van der Waals surface area (Å²) in [5, 5.41) is 12.2. The summed E-state index contributed by atoms with van der Waals surface area (Å²) in [6.07, 6.45) is 0.0708. The van der Waals surface area contributed by atoms with Crippen LogP contribution < -0.4 is 5.32 Å². The topological polar surface area (TPSA) is 49.3 Å². The lowest BCUT2D eigenvalue weighted by atomic mass is 10.0. The van der Waals surface area contributed by atoms with Crippen molar-refractivity contribution < 1.29 is 14.3 Å². The van der Waals surface area contributed by atoms with Gasteiger partial charge < -0.3 is 10.4 Å². The molecule has 2 N–H and O–H groups in total. The third-order valence-electron chi connectivity index (χ3n) is 2.58. The Morgan fingerprint density at radius 3 is 2.76 bits per heavy atom. The Morgan fingerprint density at radius 1 is 1.47 bits per heavy atom. The molecule has 4 heteroatoms. The Balaban J connectivity index is 2.40. The molecule has 1 aromatic rings. The lowest BCUT2D eigenvalue weighted by molar-refractivity contribution is 0.0919. The van der Waals surface area contributed by atoms with Gasteiger partial charge in [0.15, 0.2) is 0 Å². The molecule has 1 atom stereocenters. The number of carbonyl (C=O) groups excluding carboxylic acids is 1. The van der Waals surface area contributed by atoms with Gasteiger partial charge in [-0.3, -0.25) is 4.79 Å². The molecule has 94 valence electrons. The first-order valence-corrected chi connectivity index (χ1v) is 5.72. The van der Waals surface area contributed by atoms with E-state index in [9.17, 15) is 14.3 Å². The van der Waals surface area contributed by atoms with Gasteiger partial charge in [-0.25, -0.2) is 4.39 Å². The summed E-state index contributed by atoms with van der Waals surface area (Å²) >= 11 is 0. The van der Waals surface area contributed by atoms with Gasteiger partial charge in [-0.1, -0.05) is 19.9 Å². The van der Waals surface area contributed by atoms with Gasteiger partial charge in [0.05, 0.1) is 6.10 Å². The Kier molecular flexibility index (Phi) is 5.10. The van der Waals surface area contributed by atoms with Crippen LogP contribution in [0.2, 0.25) is 0 Å². The lowest BCUT2D eigenvalue weighted by Gasteiger charge is -2.14. The zero-order valence-electron chi connectivity index (χ0n) is 10.1. The van der Waals surface area contributed by atoms with Crippen LogP contribution in [0.15, 0.2) is 24.3 Å². The monoisotopic (exact) mass is 239 g/mol. The van der Waals surface area contributed by atoms with Crippen molar-refractivity contribution in [1.29, 1.82) is 0 Å². The van der Waals surface area contributed by atoms with Crippen LogP contribution in [0.1, 0.15) is 30.6 Å². The predicted octanol–water partition coefficient (Wildman–Crippen LogP) is 1.96. The van der Waals surface area contributed by atoms with Crippen molar-refractivity contribution in [3.8, 4) is 0 Å². The van der Waals surface area contributed by atoms with Gasteiger partial charge in [-0.2, -0.15) is 0 Å². The van der Waals surface area contributed by atoms with E-state index in [0.29, 0.717) is 18.5 Å². The maximum absolute atomic E-state index is 12.9. The zero-order valence-corrected chi connectivity index (χ0v) is 10.1. The molecule has 17 heavy (non-hydrogen) atoms. The Labute approximate surface area is 101 Å². The number of aliphatic hydroxyl groups is 1. The van der Waals surface area contributed by atoms with Crippen molar-refractivity contribution in [2.75, 3.05) is 6.54 Å². The van der Waals surface area contributed by atoms with Crippen molar-refractivity contribution in [2.45, 2.75) is 26.4 Å². The highest BCUT2D eigenvalue weighted by Gasteiger charge is 2.10. The molecule has 0 saturated heterocycles. The molecule has 1 rings (SSSR count). The lowest BCUT2D eigenvalue weighted by Crippen LogP contribution is -2.28. The molecule has 3 nitrogen and oxygen atoms in total. The van der Waals surface area contributed by atoms with Gasteiger partial charge in [0.1, 0.15) is 5.82 Å². The van der Waals surface area contributed by atoms with Crippen LogP contribution in [0.5, 0.6) is 0 Å². The largest absolute Gasteiger partial charge is 0.393 e. The number of benzene rings is 1. The van der Waals surface area contributed by atoms with Gasteiger partial charge in [0, 0.05) is 12.1 Å². The summed E-state index contributed by atoms with van der Waals surface area (Å²) in [6.45, 7) is 4.22. The summed E-state index contributed by atoms with van der Waals surface area (Å²) < 4.78 is 12.9. The molecule has 0 unspecified atom stereocenters. The van der Waals surface area contributed by atoms with Crippen LogP contribution in [-0.4, -0.2) is 23.7 Å². The maximum Gasteiger partial charge on any atom is 0.251 e. The van der Waals surface area contributed by atoms with E-state index in [1.807, 2.05) is 13.8 Å². The SMILES string of the molecule is CC(C)[C@@H](O)CCNC(=O)c1cccc(F)c1. The number of hydrogen-bond donors (Lipinski definition) is 2. The molecule has 0 heterocycles. The second-order valence-corrected chi connectivity index (χ2v) is 4.37. The van der Waals surface area contributed by atoms with Crippen molar-refractivity contribution in [1.82, 2.24) is 5.32 Å². The molecular formula is C13H18FNO2. The van der Waals surface area contributed by atoms with Crippen LogP contribution in [0.3, 0.4) is 0 Å². The van der Waals surface area contributed by atoms with Gasteiger partial charge in [0.2, 0.25) is 0 Å². The minimum Gasteiger partial charge on any atom is -0.393 e. The second kappa shape index (κ2) is 6.35. The molecule has 0 saturated carbocycles. The number of amides is 1. The Bertz CT molecular complexity index is 379. The average Bonchev–Trinajstić information content (AvgIpc) is 2.28. The standard InChI is InChI=1S/C13H18FNO2/c1-9(2)12(16)6-7-15-13(17)10-4-3-5-11(14)8-10/h3-5,8-9,12,16H,6-7H2,1-2H3,(H,15,17)/t12-/m0/s1. The number of halogens is 1. The average molecular weight is 239 g/mol. The van der Waals surface area contributed by atoms with Crippen molar-refractivity contribution in [3.63, 3.8) is 0 Å². The number of carbonyl (C=O) groups is 1. The van der Waals surface area contributed by atoms with E-state index in [-0.39, 0.29) is 11.8 Å². The molecular weight excluding hydrogens is 221 g/mol. The number of rotatable bonds is 5. The second-order valence-electron chi connectivity index (χ2n) is 4.37. The van der Waals surface area contributed by atoms with Gasteiger partial charge in [-0.05, 0) is 30.5 Å². The van der Waals surface area contributed by atoms with E-state index in [4.69, 9.17) is 0 Å². The smallest absolute Gasteiger partial charge is 0.251 e. The van der Waals surface area contributed by atoms with Crippen LogP contribution in [0.4, 0.5) is 4.39 Å². The quantitative estimate of drug-likeness (QED) is 0.825. The first-order chi connectivity index (χ1) is 8.00. The van der Waals surface area contributed by atoms with Gasteiger partial charge >= 0.3 is 0 Å². The molecule has 0 aliphatic heterocycles. The third-order valence-corrected chi connectivity index (χ3v) is 2.58. The molecule has 0 aliphatic carbocycles. The number of aliphatic hydroxyl groups excluding tert-OH is 1. The predicted molar refractivity (Wildman–Crippen MR) is 64.2 cm³/mol. The van der Waals surface area contributed by atoms with Gasteiger partial charge in [-0.15, -0.1) is 0 Å². The Hall–Kier alpha value is -1.42. The van der Waals surface area contributed by atoms with Gasteiger partial charge in [0.25, 0.3) is 5.91 Å². The minimum absolute atomic E-state index is 0.168. The van der Waals surface area contributed by atoms with Crippen molar-refractivity contribution >= 4 is 5.91 Å². The molecule has 0 aliphatic rings. The maximum atomic E-state index is 12.9. The first-order valence-electron chi connectivity index (χ1n) is 5.72. The summed E-state index contributed by atoms with van der Waals surface area (Å²) in [5.41, 5.74) is 0.295. The number of nitrogens with one attached hydrogen (secondary N) is 1. The van der Waals surface area contributed by atoms with E-state index in [2.05, 4.69) is 5.32 Å². The fourth-order valence-electron chi connectivity index (χ4n) is 1.40.